The van der Waals surface area contributed by atoms with Gasteiger partial charge in [0.2, 0.25) is 0 Å². The molecule has 9 rings (SSSR count). The van der Waals surface area contributed by atoms with E-state index in [1.54, 1.807) is 0 Å². The smallest absolute Gasteiger partial charge is 0.138 e. The Hall–Kier alpha value is -5.93. The molecule has 0 aliphatic heterocycles. The molecule has 0 saturated carbocycles. The molecular formula is C41H27N3. The first kappa shape index (κ1) is 24.6. The van der Waals surface area contributed by atoms with Crippen LogP contribution in [-0.2, 0) is 0 Å². The Morgan fingerprint density at radius 1 is 0.409 bits per heavy atom. The van der Waals surface area contributed by atoms with Gasteiger partial charge in [-0.2, -0.15) is 0 Å². The van der Waals surface area contributed by atoms with E-state index >= 15 is 0 Å². The monoisotopic (exact) mass is 561 g/mol. The minimum absolute atomic E-state index is 0.897. The molecule has 0 spiro atoms. The summed E-state index contributed by atoms with van der Waals surface area (Å²) in [5.41, 5.74) is 10.3. The van der Waals surface area contributed by atoms with Gasteiger partial charge in [-0.15, -0.1) is 0 Å². The summed E-state index contributed by atoms with van der Waals surface area (Å²) in [7, 11) is 0. The van der Waals surface area contributed by atoms with E-state index in [2.05, 4.69) is 167 Å². The molecule has 0 aliphatic rings. The lowest BCUT2D eigenvalue weighted by Gasteiger charge is -2.14. The third-order valence-corrected chi connectivity index (χ3v) is 8.70. The van der Waals surface area contributed by atoms with Gasteiger partial charge in [0.05, 0.1) is 27.8 Å². The van der Waals surface area contributed by atoms with Crippen molar-refractivity contribution in [3.8, 4) is 33.9 Å². The van der Waals surface area contributed by atoms with Crippen LogP contribution in [0.15, 0.2) is 164 Å². The van der Waals surface area contributed by atoms with E-state index in [4.69, 9.17) is 4.98 Å². The Kier molecular flexibility index (Phi) is 5.50. The summed E-state index contributed by atoms with van der Waals surface area (Å²) >= 11 is 0. The molecule has 0 aliphatic carbocycles. The minimum Gasteiger partial charge on any atom is -0.307 e. The number of rotatable bonds is 4. The second-order valence-corrected chi connectivity index (χ2v) is 11.2. The third-order valence-electron chi connectivity index (χ3n) is 8.70. The first-order valence-corrected chi connectivity index (χ1v) is 15.0. The summed E-state index contributed by atoms with van der Waals surface area (Å²) in [5.74, 6) is 0.897. The summed E-state index contributed by atoms with van der Waals surface area (Å²) in [5, 5.41) is 4.89. The number of para-hydroxylation sites is 3. The van der Waals surface area contributed by atoms with Crippen molar-refractivity contribution in [3.63, 3.8) is 0 Å². The van der Waals surface area contributed by atoms with Crippen molar-refractivity contribution >= 4 is 43.6 Å². The Labute approximate surface area is 254 Å². The lowest BCUT2D eigenvalue weighted by Crippen LogP contribution is -2.01. The van der Waals surface area contributed by atoms with Gasteiger partial charge in [-0.05, 0) is 53.6 Å². The van der Waals surface area contributed by atoms with Crippen molar-refractivity contribution in [2.24, 2.45) is 0 Å². The van der Waals surface area contributed by atoms with E-state index in [-0.39, 0.29) is 0 Å². The maximum atomic E-state index is 5.30. The molecule has 0 bridgehead atoms. The molecule has 3 aromatic heterocycles. The first-order valence-electron chi connectivity index (χ1n) is 15.0. The molecule has 9 aromatic rings. The molecule has 206 valence electrons. The first-order chi connectivity index (χ1) is 21.9. The molecule has 0 saturated heterocycles. The number of aromatic nitrogens is 3. The molecule has 0 atom stereocenters. The van der Waals surface area contributed by atoms with Crippen molar-refractivity contribution in [2.45, 2.75) is 0 Å². The van der Waals surface area contributed by atoms with Gasteiger partial charge in [0, 0.05) is 32.8 Å². The number of fused-ring (bicyclic) bond motifs is 7. The summed E-state index contributed by atoms with van der Waals surface area (Å²) < 4.78 is 4.81. The fourth-order valence-corrected chi connectivity index (χ4v) is 6.84. The normalized spacial score (nSPS) is 11.6. The Balaban J connectivity index is 1.54. The molecular weight excluding hydrogens is 534 g/mol. The number of nitrogens with zero attached hydrogens (tertiary/aromatic N) is 3. The average Bonchev–Trinajstić information content (AvgIpc) is 3.63. The molecule has 3 nitrogen and oxygen atoms in total. The van der Waals surface area contributed by atoms with Crippen LogP contribution >= 0.6 is 0 Å². The Morgan fingerprint density at radius 2 is 1.00 bits per heavy atom. The van der Waals surface area contributed by atoms with E-state index in [0.29, 0.717) is 0 Å². The Morgan fingerprint density at radius 3 is 1.73 bits per heavy atom. The molecule has 3 heteroatoms. The van der Waals surface area contributed by atoms with E-state index in [1.165, 1.54) is 43.7 Å². The van der Waals surface area contributed by atoms with E-state index < -0.39 is 0 Å². The summed E-state index contributed by atoms with van der Waals surface area (Å²) in [6.07, 6.45) is 0. The van der Waals surface area contributed by atoms with Gasteiger partial charge >= 0.3 is 0 Å². The zero-order valence-electron chi connectivity index (χ0n) is 23.9. The van der Waals surface area contributed by atoms with Crippen molar-refractivity contribution in [2.75, 3.05) is 0 Å². The number of pyridine rings is 1. The highest BCUT2D eigenvalue weighted by Gasteiger charge is 2.24. The summed E-state index contributed by atoms with van der Waals surface area (Å²) in [6, 6.07) is 58.2. The van der Waals surface area contributed by atoms with Gasteiger partial charge in [-0.3, -0.25) is 4.57 Å². The number of benzene rings is 6. The van der Waals surface area contributed by atoms with Crippen molar-refractivity contribution in [3.05, 3.63) is 164 Å². The predicted molar refractivity (Wildman–Crippen MR) is 184 cm³/mol. The fourth-order valence-electron chi connectivity index (χ4n) is 6.84. The van der Waals surface area contributed by atoms with Crippen molar-refractivity contribution in [1.29, 1.82) is 0 Å². The fraction of sp³-hybridized carbons (Fsp3) is 0. The quantitative estimate of drug-likeness (QED) is 0.210. The number of hydrogen-bond donors (Lipinski definition) is 0. The lowest BCUT2D eigenvalue weighted by atomic mass is 9.96. The van der Waals surface area contributed by atoms with Crippen LogP contribution in [0.25, 0.3) is 77.5 Å². The molecule has 44 heavy (non-hydrogen) atoms. The van der Waals surface area contributed by atoms with Crippen LogP contribution in [0, 0.1) is 0 Å². The third kappa shape index (κ3) is 3.66. The highest BCUT2D eigenvalue weighted by atomic mass is 15.1. The average molecular weight is 562 g/mol. The van der Waals surface area contributed by atoms with E-state index in [1.807, 2.05) is 6.07 Å². The molecule has 3 heterocycles. The van der Waals surface area contributed by atoms with Crippen LogP contribution < -0.4 is 0 Å². The van der Waals surface area contributed by atoms with E-state index in [0.717, 1.165) is 33.8 Å². The van der Waals surface area contributed by atoms with Gasteiger partial charge in [-0.1, -0.05) is 121 Å². The zero-order chi connectivity index (χ0) is 29.0. The topological polar surface area (TPSA) is 22.8 Å². The van der Waals surface area contributed by atoms with Crippen LogP contribution in [0.3, 0.4) is 0 Å². The largest absolute Gasteiger partial charge is 0.307 e. The van der Waals surface area contributed by atoms with Crippen LogP contribution in [0.5, 0.6) is 0 Å². The highest BCUT2D eigenvalue weighted by molar-refractivity contribution is 6.28. The zero-order valence-corrected chi connectivity index (χ0v) is 23.9. The minimum atomic E-state index is 0.897. The van der Waals surface area contributed by atoms with Gasteiger partial charge < -0.3 is 4.57 Å². The summed E-state index contributed by atoms with van der Waals surface area (Å²) in [6.45, 7) is 0. The molecule has 0 N–H and O–H groups in total. The molecule has 0 unspecified atom stereocenters. The second-order valence-electron chi connectivity index (χ2n) is 11.2. The van der Waals surface area contributed by atoms with Crippen molar-refractivity contribution < 1.29 is 0 Å². The molecule has 6 aromatic carbocycles. The Bertz CT molecular complexity index is 2470. The lowest BCUT2D eigenvalue weighted by molar-refractivity contribution is 1.08. The van der Waals surface area contributed by atoms with Gasteiger partial charge in [0.25, 0.3) is 0 Å². The molecule has 0 radical (unpaired) electrons. The highest BCUT2D eigenvalue weighted by Crippen LogP contribution is 2.46. The van der Waals surface area contributed by atoms with Crippen LogP contribution in [-0.4, -0.2) is 14.1 Å². The predicted octanol–water partition coefficient (Wildman–Crippen LogP) is 10.6. The maximum Gasteiger partial charge on any atom is 0.138 e. The maximum absolute atomic E-state index is 5.30. The number of hydrogen-bond acceptors (Lipinski definition) is 1. The standard InChI is InChI=1S/C41H27N3/c1-4-15-28(16-5-1)33-27-34-31-21-10-12-24-36(31)43(30-19-8-3-9-20-30)40(34)41-39(33)32-22-11-13-25-37(32)44(41)38-26-14-23-35(42-38)29-17-6-2-7-18-29/h1-27H. The van der Waals surface area contributed by atoms with E-state index in [9.17, 15) is 0 Å². The van der Waals surface area contributed by atoms with Crippen LogP contribution in [0.4, 0.5) is 0 Å². The second kappa shape index (κ2) is 9.82. The van der Waals surface area contributed by atoms with Gasteiger partial charge in [0.1, 0.15) is 5.82 Å². The molecule has 0 amide bonds. The van der Waals surface area contributed by atoms with Crippen LogP contribution in [0.1, 0.15) is 0 Å². The summed E-state index contributed by atoms with van der Waals surface area (Å²) in [4.78, 5) is 5.30. The van der Waals surface area contributed by atoms with Gasteiger partial charge in [0.15, 0.2) is 0 Å². The molecule has 0 fully saturated rings. The van der Waals surface area contributed by atoms with Gasteiger partial charge in [-0.25, -0.2) is 4.98 Å². The van der Waals surface area contributed by atoms with Crippen LogP contribution in [0.2, 0.25) is 0 Å². The SMILES string of the molecule is c1ccc(-c2cccc(-n3c4ccccc4c4c(-c5ccccc5)cc5c6ccccc6n(-c6ccccc6)c5c43)n2)cc1. The van der Waals surface area contributed by atoms with Crippen molar-refractivity contribution in [1.82, 2.24) is 14.1 Å².